The molecule has 94 valence electrons. The van der Waals surface area contributed by atoms with Crippen LogP contribution in [-0.2, 0) is 13.0 Å². The van der Waals surface area contributed by atoms with Crippen molar-refractivity contribution < 1.29 is 4.74 Å². The second kappa shape index (κ2) is 6.38. The van der Waals surface area contributed by atoms with E-state index in [-0.39, 0.29) is 0 Å². The van der Waals surface area contributed by atoms with E-state index in [1.165, 1.54) is 0 Å². The van der Waals surface area contributed by atoms with E-state index >= 15 is 0 Å². The minimum Gasteiger partial charge on any atom is -0.485 e. The van der Waals surface area contributed by atoms with Crippen molar-refractivity contribution in [2.24, 2.45) is 5.73 Å². The summed E-state index contributed by atoms with van der Waals surface area (Å²) in [4.78, 5) is 4.21. The lowest BCUT2D eigenvalue weighted by atomic mass is 10.1. The van der Waals surface area contributed by atoms with E-state index in [4.69, 9.17) is 22.1 Å². The molecule has 0 aliphatic rings. The summed E-state index contributed by atoms with van der Waals surface area (Å²) >= 11 is 6.15. The van der Waals surface area contributed by atoms with Crippen molar-refractivity contribution in [2.45, 2.75) is 13.0 Å². The quantitative estimate of drug-likeness (QED) is 0.901. The van der Waals surface area contributed by atoms with E-state index < -0.39 is 0 Å². The molecule has 0 aliphatic heterocycles. The van der Waals surface area contributed by atoms with Crippen LogP contribution in [0.15, 0.2) is 42.6 Å². The predicted molar refractivity (Wildman–Crippen MR) is 72.8 cm³/mol. The molecule has 0 saturated carbocycles. The van der Waals surface area contributed by atoms with Crippen LogP contribution in [-0.4, -0.2) is 11.5 Å². The Kier molecular flexibility index (Phi) is 4.56. The molecular weight excluding hydrogens is 248 g/mol. The monoisotopic (exact) mass is 262 g/mol. The highest BCUT2D eigenvalue weighted by Crippen LogP contribution is 2.29. The lowest BCUT2D eigenvalue weighted by Crippen LogP contribution is -2.06. The van der Waals surface area contributed by atoms with Crippen LogP contribution in [0.2, 0.25) is 5.02 Å². The fraction of sp³-hybridized carbons (Fsp3) is 0.214. The van der Waals surface area contributed by atoms with Crippen LogP contribution in [0.4, 0.5) is 0 Å². The predicted octanol–water partition coefficient (Wildman–Crippen LogP) is 2.82. The Morgan fingerprint density at radius 3 is 2.78 bits per heavy atom. The molecular formula is C14H15ClN2O. The van der Waals surface area contributed by atoms with Gasteiger partial charge in [-0.1, -0.05) is 29.8 Å². The van der Waals surface area contributed by atoms with Crippen molar-refractivity contribution in [3.05, 3.63) is 58.9 Å². The van der Waals surface area contributed by atoms with Crippen LogP contribution in [0.3, 0.4) is 0 Å². The molecule has 0 saturated heterocycles. The molecule has 2 rings (SSSR count). The molecule has 1 aromatic heterocycles. The van der Waals surface area contributed by atoms with E-state index in [9.17, 15) is 0 Å². The number of benzene rings is 1. The molecule has 0 atom stereocenters. The van der Waals surface area contributed by atoms with Crippen molar-refractivity contribution >= 4 is 11.6 Å². The Morgan fingerprint density at radius 1 is 1.17 bits per heavy atom. The highest BCUT2D eigenvalue weighted by atomic mass is 35.5. The first-order chi connectivity index (χ1) is 8.81. The number of halogens is 1. The number of para-hydroxylation sites is 1. The molecule has 0 fully saturated rings. The number of hydrogen-bond acceptors (Lipinski definition) is 3. The standard InChI is InChI=1S/C14H15ClN2O/c15-13-6-3-4-11(7-8-16)14(13)18-10-12-5-1-2-9-17-12/h1-6,9H,7-8,10,16H2. The fourth-order valence-corrected chi connectivity index (χ4v) is 1.95. The number of ether oxygens (including phenoxy) is 1. The summed E-state index contributed by atoms with van der Waals surface area (Å²) in [5.74, 6) is 0.704. The molecule has 0 amide bonds. The average molecular weight is 263 g/mol. The first-order valence-electron chi connectivity index (χ1n) is 5.81. The minimum absolute atomic E-state index is 0.405. The van der Waals surface area contributed by atoms with Crippen LogP contribution in [0.1, 0.15) is 11.3 Å². The number of pyridine rings is 1. The zero-order chi connectivity index (χ0) is 12.8. The maximum absolute atomic E-state index is 6.15. The van der Waals surface area contributed by atoms with Gasteiger partial charge in [-0.15, -0.1) is 0 Å². The van der Waals surface area contributed by atoms with Gasteiger partial charge >= 0.3 is 0 Å². The number of aromatic nitrogens is 1. The molecule has 18 heavy (non-hydrogen) atoms. The molecule has 0 spiro atoms. The van der Waals surface area contributed by atoms with Gasteiger partial charge in [-0.05, 0) is 36.7 Å². The SMILES string of the molecule is NCCc1cccc(Cl)c1OCc1ccccn1. The third-order valence-electron chi connectivity index (χ3n) is 2.55. The Labute approximate surface area is 112 Å². The topological polar surface area (TPSA) is 48.1 Å². The Balaban J connectivity index is 2.13. The largest absolute Gasteiger partial charge is 0.485 e. The van der Waals surface area contributed by atoms with Crippen molar-refractivity contribution in [2.75, 3.05) is 6.54 Å². The molecule has 1 heterocycles. The molecule has 0 radical (unpaired) electrons. The first kappa shape index (κ1) is 12.9. The number of nitrogens with zero attached hydrogens (tertiary/aromatic N) is 1. The Morgan fingerprint density at radius 2 is 2.06 bits per heavy atom. The lowest BCUT2D eigenvalue weighted by Gasteiger charge is -2.12. The van der Waals surface area contributed by atoms with Crippen LogP contribution in [0.25, 0.3) is 0 Å². The second-order valence-electron chi connectivity index (χ2n) is 3.88. The smallest absolute Gasteiger partial charge is 0.141 e. The zero-order valence-electron chi connectivity index (χ0n) is 9.97. The zero-order valence-corrected chi connectivity index (χ0v) is 10.7. The number of rotatable bonds is 5. The van der Waals surface area contributed by atoms with Gasteiger partial charge in [0.05, 0.1) is 10.7 Å². The highest BCUT2D eigenvalue weighted by Gasteiger charge is 2.08. The van der Waals surface area contributed by atoms with Gasteiger partial charge in [0.2, 0.25) is 0 Å². The van der Waals surface area contributed by atoms with Gasteiger partial charge in [0.1, 0.15) is 12.4 Å². The summed E-state index contributed by atoms with van der Waals surface area (Å²) < 4.78 is 5.76. The van der Waals surface area contributed by atoms with Gasteiger partial charge in [0.15, 0.2) is 0 Å². The van der Waals surface area contributed by atoms with Gasteiger partial charge in [-0.25, -0.2) is 0 Å². The molecule has 2 aromatic rings. The molecule has 3 nitrogen and oxygen atoms in total. The van der Waals surface area contributed by atoms with E-state index in [2.05, 4.69) is 4.98 Å². The van der Waals surface area contributed by atoms with Gasteiger partial charge in [0.25, 0.3) is 0 Å². The van der Waals surface area contributed by atoms with E-state index in [1.54, 1.807) is 6.20 Å². The van der Waals surface area contributed by atoms with Crippen molar-refractivity contribution in [3.8, 4) is 5.75 Å². The van der Waals surface area contributed by atoms with Crippen LogP contribution < -0.4 is 10.5 Å². The van der Waals surface area contributed by atoms with Crippen molar-refractivity contribution in [1.29, 1.82) is 0 Å². The van der Waals surface area contributed by atoms with Gasteiger partial charge in [-0.2, -0.15) is 0 Å². The summed E-state index contributed by atoms with van der Waals surface area (Å²) in [6, 6.07) is 11.4. The number of hydrogen-bond donors (Lipinski definition) is 1. The average Bonchev–Trinajstić information content (AvgIpc) is 2.40. The van der Waals surface area contributed by atoms with Gasteiger partial charge in [-0.3, -0.25) is 4.98 Å². The maximum Gasteiger partial charge on any atom is 0.141 e. The van der Waals surface area contributed by atoms with Crippen LogP contribution in [0.5, 0.6) is 5.75 Å². The summed E-state index contributed by atoms with van der Waals surface area (Å²) in [6.45, 7) is 0.975. The lowest BCUT2D eigenvalue weighted by molar-refractivity contribution is 0.298. The van der Waals surface area contributed by atoms with Crippen LogP contribution >= 0.6 is 11.6 Å². The van der Waals surface area contributed by atoms with E-state index in [0.717, 1.165) is 17.7 Å². The minimum atomic E-state index is 0.405. The molecule has 2 N–H and O–H groups in total. The summed E-state index contributed by atoms with van der Waals surface area (Å²) in [5, 5.41) is 0.608. The van der Waals surface area contributed by atoms with Gasteiger partial charge < -0.3 is 10.5 Å². The first-order valence-corrected chi connectivity index (χ1v) is 6.19. The summed E-state index contributed by atoms with van der Waals surface area (Å²) in [7, 11) is 0. The summed E-state index contributed by atoms with van der Waals surface area (Å²) in [5.41, 5.74) is 7.48. The third-order valence-corrected chi connectivity index (χ3v) is 2.85. The normalized spacial score (nSPS) is 10.3. The van der Waals surface area contributed by atoms with E-state index in [1.807, 2.05) is 36.4 Å². The molecule has 1 aromatic carbocycles. The van der Waals surface area contributed by atoms with Gasteiger partial charge in [0, 0.05) is 6.20 Å². The summed E-state index contributed by atoms with van der Waals surface area (Å²) in [6.07, 6.45) is 2.49. The maximum atomic E-state index is 6.15. The van der Waals surface area contributed by atoms with Crippen molar-refractivity contribution in [1.82, 2.24) is 4.98 Å². The molecule has 0 bridgehead atoms. The van der Waals surface area contributed by atoms with Crippen molar-refractivity contribution in [3.63, 3.8) is 0 Å². The Hall–Kier alpha value is -1.58. The van der Waals surface area contributed by atoms with E-state index in [0.29, 0.717) is 23.9 Å². The molecule has 4 heteroatoms. The number of nitrogens with two attached hydrogens (primary N) is 1. The third kappa shape index (κ3) is 3.22. The molecule has 0 aliphatic carbocycles. The highest BCUT2D eigenvalue weighted by molar-refractivity contribution is 6.32. The fourth-order valence-electron chi connectivity index (χ4n) is 1.70. The Bertz CT molecular complexity index is 502. The van der Waals surface area contributed by atoms with Crippen LogP contribution in [0, 0.1) is 0 Å². The molecule has 0 unspecified atom stereocenters. The second-order valence-corrected chi connectivity index (χ2v) is 4.28.